The topological polar surface area (TPSA) is 91.3 Å². The summed E-state index contributed by atoms with van der Waals surface area (Å²) in [5.74, 6) is 0.562. The van der Waals surface area contributed by atoms with Crippen molar-refractivity contribution in [1.82, 2.24) is 4.90 Å². The summed E-state index contributed by atoms with van der Waals surface area (Å²) in [5, 5.41) is 21.0. The third kappa shape index (κ3) is 5.18. The van der Waals surface area contributed by atoms with Gasteiger partial charge >= 0.3 is 0 Å². The summed E-state index contributed by atoms with van der Waals surface area (Å²) in [6, 6.07) is 7.08. The van der Waals surface area contributed by atoms with Crippen LogP contribution in [0.5, 0.6) is 5.75 Å². The first kappa shape index (κ1) is 16.5. The molecule has 122 valence electrons. The van der Waals surface area contributed by atoms with Gasteiger partial charge in [0.15, 0.2) is 6.61 Å². The van der Waals surface area contributed by atoms with E-state index in [1.54, 1.807) is 29.2 Å². The molecule has 1 heterocycles. The van der Waals surface area contributed by atoms with Crippen LogP contribution >= 0.6 is 0 Å². The molecular weight excluding hydrogens is 288 g/mol. The fraction of sp³-hybridized carbons (Fsp3) is 0.533. The van der Waals surface area contributed by atoms with Gasteiger partial charge in [0.25, 0.3) is 5.91 Å². The van der Waals surface area contributed by atoms with E-state index in [1.807, 2.05) is 0 Å². The zero-order valence-corrected chi connectivity index (χ0v) is 12.4. The SMILES string of the molecule is O=C(COc1ccc(NCC(O)CO)cc1)N1CCOCC1. The third-order valence-electron chi connectivity index (χ3n) is 3.33. The smallest absolute Gasteiger partial charge is 0.260 e. The minimum Gasteiger partial charge on any atom is -0.484 e. The highest BCUT2D eigenvalue weighted by molar-refractivity contribution is 5.77. The second-order valence-corrected chi connectivity index (χ2v) is 5.02. The molecule has 1 aliphatic rings. The van der Waals surface area contributed by atoms with Crippen LogP contribution in [0.4, 0.5) is 5.69 Å². The molecule has 0 aliphatic carbocycles. The predicted octanol–water partition coefficient (Wildman–Crippen LogP) is -0.311. The minimum absolute atomic E-state index is 0.00992. The van der Waals surface area contributed by atoms with Crippen molar-refractivity contribution in [1.29, 1.82) is 0 Å². The van der Waals surface area contributed by atoms with Gasteiger partial charge in [-0.05, 0) is 24.3 Å². The molecule has 2 rings (SSSR count). The summed E-state index contributed by atoms with van der Waals surface area (Å²) < 4.78 is 10.7. The van der Waals surface area contributed by atoms with Crippen LogP contribution in [-0.2, 0) is 9.53 Å². The Bertz CT molecular complexity index is 460. The lowest BCUT2D eigenvalue weighted by Gasteiger charge is -2.26. The van der Waals surface area contributed by atoms with E-state index in [-0.39, 0.29) is 25.7 Å². The maximum absolute atomic E-state index is 11.9. The van der Waals surface area contributed by atoms with Crippen LogP contribution < -0.4 is 10.1 Å². The summed E-state index contributed by atoms with van der Waals surface area (Å²) in [6.45, 7) is 2.37. The van der Waals surface area contributed by atoms with Crippen LogP contribution in [0, 0.1) is 0 Å². The number of benzene rings is 1. The molecule has 1 aliphatic heterocycles. The average molecular weight is 310 g/mol. The Morgan fingerprint density at radius 1 is 1.32 bits per heavy atom. The fourth-order valence-corrected chi connectivity index (χ4v) is 2.02. The number of aliphatic hydroxyl groups is 2. The number of anilines is 1. The monoisotopic (exact) mass is 310 g/mol. The van der Waals surface area contributed by atoms with Crippen LogP contribution in [0.2, 0.25) is 0 Å². The van der Waals surface area contributed by atoms with Gasteiger partial charge in [-0.1, -0.05) is 0 Å². The molecule has 22 heavy (non-hydrogen) atoms. The largest absolute Gasteiger partial charge is 0.484 e. The first-order valence-electron chi connectivity index (χ1n) is 7.30. The molecule has 7 heteroatoms. The zero-order valence-electron chi connectivity index (χ0n) is 12.4. The maximum Gasteiger partial charge on any atom is 0.260 e. The number of aliphatic hydroxyl groups excluding tert-OH is 2. The molecule has 0 radical (unpaired) electrons. The summed E-state index contributed by atoms with van der Waals surface area (Å²) in [5.41, 5.74) is 0.805. The Kier molecular flexibility index (Phi) is 6.45. The van der Waals surface area contributed by atoms with E-state index in [2.05, 4.69) is 5.32 Å². The molecule has 1 amide bonds. The molecule has 1 saturated heterocycles. The average Bonchev–Trinajstić information content (AvgIpc) is 2.59. The van der Waals surface area contributed by atoms with E-state index in [0.29, 0.717) is 32.1 Å². The number of amides is 1. The van der Waals surface area contributed by atoms with E-state index < -0.39 is 6.10 Å². The third-order valence-corrected chi connectivity index (χ3v) is 3.33. The standard InChI is InChI=1S/C15H22N2O5/c18-10-13(19)9-16-12-1-3-14(4-2-12)22-11-15(20)17-5-7-21-8-6-17/h1-4,13,16,18-19H,5-11H2. The predicted molar refractivity (Wildman–Crippen MR) is 80.9 cm³/mol. The second-order valence-electron chi connectivity index (χ2n) is 5.02. The number of nitrogens with zero attached hydrogens (tertiary/aromatic N) is 1. The molecular formula is C15H22N2O5. The minimum atomic E-state index is -0.790. The molecule has 1 aromatic carbocycles. The van der Waals surface area contributed by atoms with Gasteiger partial charge in [-0.3, -0.25) is 4.79 Å². The van der Waals surface area contributed by atoms with Gasteiger partial charge in [-0.25, -0.2) is 0 Å². The number of nitrogens with one attached hydrogen (secondary N) is 1. The Morgan fingerprint density at radius 2 is 2.00 bits per heavy atom. The van der Waals surface area contributed by atoms with E-state index in [0.717, 1.165) is 5.69 Å². The van der Waals surface area contributed by atoms with Crippen molar-refractivity contribution in [2.24, 2.45) is 0 Å². The van der Waals surface area contributed by atoms with Gasteiger partial charge in [0.05, 0.1) is 25.9 Å². The van der Waals surface area contributed by atoms with E-state index in [4.69, 9.17) is 14.6 Å². The number of morpholine rings is 1. The highest BCUT2D eigenvalue weighted by atomic mass is 16.5. The molecule has 1 aromatic rings. The Balaban J connectivity index is 1.75. The van der Waals surface area contributed by atoms with E-state index >= 15 is 0 Å². The molecule has 1 atom stereocenters. The molecule has 1 unspecified atom stereocenters. The van der Waals surface area contributed by atoms with Gasteiger partial charge < -0.3 is 29.9 Å². The fourth-order valence-electron chi connectivity index (χ4n) is 2.02. The lowest BCUT2D eigenvalue weighted by atomic mass is 10.3. The summed E-state index contributed by atoms with van der Waals surface area (Å²) in [7, 11) is 0. The van der Waals surface area contributed by atoms with Crippen molar-refractivity contribution in [3.05, 3.63) is 24.3 Å². The number of rotatable bonds is 7. The molecule has 1 fully saturated rings. The lowest BCUT2D eigenvalue weighted by Crippen LogP contribution is -2.42. The Hall–Kier alpha value is -1.83. The quantitative estimate of drug-likeness (QED) is 0.640. The van der Waals surface area contributed by atoms with Crippen molar-refractivity contribution in [2.75, 3.05) is 51.4 Å². The van der Waals surface area contributed by atoms with Crippen LogP contribution in [0.25, 0.3) is 0 Å². The number of hydrogen-bond donors (Lipinski definition) is 3. The van der Waals surface area contributed by atoms with Crippen LogP contribution in [0.3, 0.4) is 0 Å². The van der Waals surface area contributed by atoms with Gasteiger partial charge in [0.2, 0.25) is 0 Å². The van der Waals surface area contributed by atoms with E-state index in [9.17, 15) is 9.90 Å². The molecule has 3 N–H and O–H groups in total. The van der Waals surface area contributed by atoms with Crippen LogP contribution in [0.15, 0.2) is 24.3 Å². The summed E-state index contributed by atoms with van der Waals surface area (Å²) in [4.78, 5) is 13.7. The maximum atomic E-state index is 11.9. The Morgan fingerprint density at radius 3 is 2.64 bits per heavy atom. The highest BCUT2D eigenvalue weighted by Gasteiger charge is 2.17. The van der Waals surface area contributed by atoms with Gasteiger partial charge in [0, 0.05) is 25.3 Å². The van der Waals surface area contributed by atoms with Crippen LogP contribution in [0.1, 0.15) is 0 Å². The summed E-state index contributed by atoms with van der Waals surface area (Å²) in [6.07, 6.45) is -0.790. The first-order valence-corrected chi connectivity index (χ1v) is 7.30. The van der Waals surface area contributed by atoms with Gasteiger partial charge in [0.1, 0.15) is 5.75 Å². The highest BCUT2D eigenvalue weighted by Crippen LogP contribution is 2.15. The molecule has 7 nitrogen and oxygen atoms in total. The van der Waals surface area contributed by atoms with Crippen molar-refractivity contribution < 1.29 is 24.5 Å². The van der Waals surface area contributed by atoms with Crippen molar-refractivity contribution in [3.8, 4) is 5.75 Å². The zero-order chi connectivity index (χ0) is 15.8. The molecule has 0 spiro atoms. The normalized spacial score (nSPS) is 16.2. The molecule has 0 saturated carbocycles. The molecule has 0 bridgehead atoms. The van der Waals surface area contributed by atoms with Crippen LogP contribution in [-0.4, -0.2) is 73.2 Å². The van der Waals surface area contributed by atoms with Gasteiger partial charge in [-0.2, -0.15) is 0 Å². The number of ether oxygens (including phenoxy) is 2. The number of hydrogen-bond acceptors (Lipinski definition) is 6. The van der Waals surface area contributed by atoms with Crippen molar-refractivity contribution in [3.63, 3.8) is 0 Å². The van der Waals surface area contributed by atoms with E-state index in [1.165, 1.54) is 0 Å². The van der Waals surface area contributed by atoms with Crippen molar-refractivity contribution >= 4 is 11.6 Å². The number of carbonyl (C=O) groups excluding carboxylic acids is 1. The molecule has 0 aromatic heterocycles. The van der Waals surface area contributed by atoms with Crippen molar-refractivity contribution in [2.45, 2.75) is 6.10 Å². The first-order chi connectivity index (χ1) is 10.7. The second kappa shape index (κ2) is 8.57. The lowest BCUT2D eigenvalue weighted by molar-refractivity contribution is -0.137. The summed E-state index contributed by atoms with van der Waals surface area (Å²) >= 11 is 0. The number of carbonyl (C=O) groups is 1. The van der Waals surface area contributed by atoms with Gasteiger partial charge in [-0.15, -0.1) is 0 Å². The Labute approximate surface area is 129 Å².